The molecule has 0 aliphatic carbocycles. The van der Waals surface area contributed by atoms with Gasteiger partial charge in [0.25, 0.3) is 0 Å². The fourth-order valence-electron chi connectivity index (χ4n) is 4.27. The summed E-state index contributed by atoms with van der Waals surface area (Å²) in [6, 6.07) is 10.6. The molecule has 0 spiro atoms. The van der Waals surface area contributed by atoms with Crippen molar-refractivity contribution in [3.63, 3.8) is 0 Å². The molecule has 0 aliphatic heterocycles. The average Bonchev–Trinajstić information content (AvgIpc) is 2.83. The molecule has 0 unspecified atom stereocenters. The van der Waals surface area contributed by atoms with E-state index in [1.165, 1.54) is 0 Å². The van der Waals surface area contributed by atoms with E-state index < -0.39 is 0 Å². The van der Waals surface area contributed by atoms with Crippen molar-refractivity contribution in [3.8, 4) is 23.0 Å². The fraction of sp³-hybridized carbons (Fsp3) is 0.429. The van der Waals surface area contributed by atoms with Gasteiger partial charge in [-0.1, -0.05) is 0 Å². The van der Waals surface area contributed by atoms with Crippen LogP contribution in [0.3, 0.4) is 0 Å². The molecule has 0 amide bonds. The number of benzene rings is 2. The second-order valence-electron chi connectivity index (χ2n) is 9.37. The zero-order valence-electron chi connectivity index (χ0n) is 22.6. The number of hydrogen-bond acceptors (Lipinski definition) is 6. The maximum Gasteiger partial charge on any atom is 0.170 e. The van der Waals surface area contributed by atoms with E-state index in [-0.39, 0.29) is 0 Å². The van der Waals surface area contributed by atoms with Gasteiger partial charge in [0.05, 0.1) is 19.7 Å². The van der Waals surface area contributed by atoms with Gasteiger partial charge in [0.2, 0.25) is 0 Å². The van der Waals surface area contributed by atoms with Gasteiger partial charge >= 0.3 is 0 Å². The summed E-state index contributed by atoms with van der Waals surface area (Å²) in [6.07, 6.45) is 1.73. The van der Waals surface area contributed by atoms with Crippen LogP contribution < -0.4 is 24.8 Å². The summed E-state index contributed by atoms with van der Waals surface area (Å²) < 4.78 is 17.2. The van der Waals surface area contributed by atoms with E-state index in [0.717, 1.165) is 46.6 Å². The first kappa shape index (κ1) is 27.5. The number of nitrogens with one attached hydrogen (secondary N) is 2. The van der Waals surface area contributed by atoms with Crippen molar-refractivity contribution >= 4 is 33.9 Å². The van der Waals surface area contributed by atoms with Crippen LogP contribution >= 0.6 is 12.2 Å². The number of thiocarbonyl (C=S) groups is 1. The Bertz CT molecular complexity index is 1210. The van der Waals surface area contributed by atoms with Crippen molar-refractivity contribution in [2.45, 2.75) is 53.6 Å². The van der Waals surface area contributed by atoms with E-state index in [1.807, 2.05) is 38.1 Å². The van der Waals surface area contributed by atoms with Crippen LogP contribution in [0, 0.1) is 13.8 Å². The highest BCUT2D eigenvalue weighted by Gasteiger charge is 2.15. The molecule has 0 atom stereocenters. The lowest BCUT2D eigenvalue weighted by Crippen LogP contribution is -2.43. The maximum absolute atomic E-state index is 6.35. The number of pyridine rings is 1. The van der Waals surface area contributed by atoms with Crippen LogP contribution in [0.1, 0.15) is 38.8 Å². The fourth-order valence-corrected chi connectivity index (χ4v) is 4.48. The van der Waals surface area contributed by atoms with Gasteiger partial charge in [0.15, 0.2) is 16.6 Å². The molecule has 0 aliphatic rings. The largest absolute Gasteiger partial charge is 0.493 e. The average molecular weight is 511 g/mol. The first-order valence-corrected chi connectivity index (χ1v) is 12.7. The smallest absolute Gasteiger partial charge is 0.170 e. The van der Waals surface area contributed by atoms with E-state index >= 15 is 0 Å². The van der Waals surface area contributed by atoms with Crippen molar-refractivity contribution in [2.75, 3.05) is 32.6 Å². The normalized spacial score (nSPS) is 11.3. The van der Waals surface area contributed by atoms with Gasteiger partial charge in [0, 0.05) is 48.5 Å². The number of nitrogens with zero attached hydrogens (tertiary/aromatic N) is 2. The van der Waals surface area contributed by atoms with E-state index in [0.29, 0.717) is 34.4 Å². The number of methoxy groups -OCH3 is 2. The molecule has 2 aromatic carbocycles. The summed E-state index contributed by atoms with van der Waals surface area (Å²) in [7, 11) is 3.22. The molecule has 3 rings (SSSR count). The third kappa shape index (κ3) is 6.56. The highest BCUT2D eigenvalue weighted by molar-refractivity contribution is 7.80. The van der Waals surface area contributed by atoms with Crippen molar-refractivity contribution < 1.29 is 14.2 Å². The van der Waals surface area contributed by atoms with Crippen molar-refractivity contribution in [1.29, 1.82) is 0 Å². The Morgan fingerprint density at radius 2 is 1.58 bits per heavy atom. The number of rotatable bonds is 10. The highest BCUT2D eigenvalue weighted by Crippen LogP contribution is 2.38. The Morgan fingerprint density at radius 3 is 2.22 bits per heavy atom. The summed E-state index contributed by atoms with van der Waals surface area (Å²) >= 11 is 5.56. The molecule has 0 saturated carbocycles. The van der Waals surface area contributed by atoms with Crippen LogP contribution in [0.2, 0.25) is 0 Å². The summed E-state index contributed by atoms with van der Waals surface area (Å²) in [5.41, 5.74) is 3.74. The van der Waals surface area contributed by atoms with Gasteiger partial charge in [-0.3, -0.25) is 9.88 Å². The highest BCUT2D eigenvalue weighted by atomic mass is 32.1. The summed E-state index contributed by atoms with van der Waals surface area (Å²) in [5.74, 6) is 2.72. The van der Waals surface area contributed by atoms with E-state index in [4.69, 9.17) is 26.4 Å². The molecule has 2 N–H and O–H groups in total. The van der Waals surface area contributed by atoms with Crippen LogP contribution in [0.4, 0.5) is 5.69 Å². The molecule has 1 heterocycles. The SMILES string of the molecule is COc1cc2nccc(Oc3cc(C)c(NC(=S)NCCN(C(C)C)C(C)C)cc3C)c2cc1OC. The van der Waals surface area contributed by atoms with Gasteiger partial charge in [-0.05, 0) is 89.2 Å². The van der Waals surface area contributed by atoms with Crippen LogP contribution in [0.25, 0.3) is 10.9 Å². The Balaban J connectivity index is 1.73. The Morgan fingerprint density at radius 1 is 0.917 bits per heavy atom. The summed E-state index contributed by atoms with van der Waals surface area (Å²) in [6.45, 7) is 14.6. The molecule has 3 aromatic rings. The lowest BCUT2D eigenvalue weighted by atomic mass is 10.1. The first-order valence-electron chi connectivity index (χ1n) is 12.2. The number of aryl methyl sites for hydroxylation is 2. The van der Waals surface area contributed by atoms with Crippen molar-refractivity contribution in [3.05, 3.63) is 47.7 Å². The lowest BCUT2D eigenvalue weighted by molar-refractivity contribution is 0.178. The molecule has 8 heteroatoms. The van der Waals surface area contributed by atoms with Gasteiger partial charge in [-0.25, -0.2) is 0 Å². The summed E-state index contributed by atoms with van der Waals surface area (Å²) in [5, 5.41) is 8.12. The van der Waals surface area contributed by atoms with E-state index in [2.05, 4.69) is 54.3 Å². The minimum absolute atomic E-state index is 0.492. The second kappa shape index (κ2) is 12.2. The van der Waals surface area contributed by atoms with Crippen LogP contribution in [0.15, 0.2) is 36.5 Å². The van der Waals surface area contributed by atoms with E-state index in [1.54, 1.807) is 20.4 Å². The molecule has 0 radical (unpaired) electrons. The van der Waals surface area contributed by atoms with Crippen LogP contribution in [-0.2, 0) is 0 Å². The van der Waals surface area contributed by atoms with Crippen LogP contribution in [0.5, 0.6) is 23.0 Å². The minimum Gasteiger partial charge on any atom is -0.493 e. The van der Waals surface area contributed by atoms with Crippen molar-refractivity contribution in [1.82, 2.24) is 15.2 Å². The number of ether oxygens (including phenoxy) is 3. The van der Waals surface area contributed by atoms with Gasteiger partial charge < -0.3 is 24.8 Å². The maximum atomic E-state index is 6.35. The molecule has 0 saturated heterocycles. The third-order valence-electron chi connectivity index (χ3n) is 6.18. The zero-order chi connectivity index (χ0) is 26.4. The number of aromatic nitrogens is 1. The quantitative estimate of drug-likeness (QED) is 0.319. The molecule has 194 valence electrons. The standard InChI is InChI=1S/C28H38N4O3S/c1-17(2)32(18(3)4)12-11-30-28(36)31-22-13-20(6)25(14-19(22)5)35-24-9-10-29-23-16-27(34-8)26(33-7)15-21(23)24/h9-10,13-18H,11-12H2,1-8H3,(H2,30,31,36). The summed E-state index contributed by atoms with van der Waals surface area (Å²) in [4.78, 5) is 6.89. The molecular formula is C28H38N4O3S. The van der Waals surface area contributed by atoms with Crippen LogP contribution in [-0.4, -0.2) is 54.4 Å². The Hall–Kier alpha value is -3.10. The Kier molecular flexibility index (Phi) is 9.34. The molecule has 7 nitrogen and oxygen atoms in total. The lowest BCUT2D eigenvalue weighted by Gasteiger charge is -2.30. The molecule has 1 aromatic heterocycles. The number of hydrogen-bond donors (Lipinski definition) is 2. The minimum atomic E-state index is 0.492. The van der Waals surface area contributed by atoms with Crippen molar-refractivity contribution in [2.24, 2.45) is 0 Å². The monoisotopic (exact) mass is 510 g/mol. The number of fused-ring (bicyclic) bond motifs is 1. The first-order chi connectivity index (χ1) is 17.1. The zero-order valence-corrected chi connectivity index (χ0v) is 23.4. The van der Waals surface area contributed by atoms with E-state index in [9.17, 15) is 0 Å². The predicted octanol–water partition coefficient (Wildman–Crippen LogP) is 6.07. The van der Waals surface area contributed by atoms with Gasteiger partial charge in [-0.15, -0.1) is 0 Å². The second-order valence-corrected chi connectivity index (χ2v) is 9.78. The third-order valence-corrected chi connectivity index (χ3v) is 6.43. The van der Waals surface area contributed by atoms with Gasteiger partial charge in [0.1, 0.15) is 11.5 Å². The molecule has 36 heavy (non-hydrogen) atoms. The predicted molar refractivity (Wildman–Crippen MR) is 152 cm³/mol. The number of anilines is 1. The Labute approximate surface area is 220 Å². The van der Waals surface area contributed by atoms with Gasteiger partial charge in [-0.2, -0.15) is 0 Å². The molecule has 0 fully saturated rings. The molecular weight excluding hydrogens is 472 g/mol. The molecule has 0 bridgehead atoms. The topological polar surface area (TPSA) is 67.9 Å².